The molecule has 0 saturated heterocycles. The molecule has 0 bridgehead atoms. The lowest BCUT2D eigenvalue weighted by atomic mass is 10.3. The zero-order valence-electron chi connectivity index (χ0n) is 8.43. The van der Waals surface area contributed by atoms with Crippen LogP contribution in [-0.2, 0) is 0 Å². The number of hydrogen-bond acceptors (Lipinski definition) is 3. The number of nitrogens with one attached hydrogen (secondary N) is 2. The second kappa shape index (κ2) is 5.03. The summed E-state index contributed by atoms with van der Waals surface area (Å²) in [6.45, 7) is 0.852. The molecule has 2 rings (SSSR count). The quantitative estimate of drug-likeness (QED) is 0.761. The highest BCUT2D eigenvalue weighted by Crippen LogP contribution is 2.27. The lowest BCUT2D eigenvalue weighted by Crippen LogP contribution is -2.04. The molecule has 1 aromatic heterocycles. The second-order valence-electron chi connectivity index (χ2n) is 3.37. The van der Waals surface area contributed by atoms with Gasteiger partial charge in [0, 0.05) is 22.6 Å². The summed E-state index contributed by atoms with van der Waals surface area (Å²) in [4.78, 5) is 7.49. The molecular weight excluding hydrogens is 293 g/mol. The molecule has 0 atom stereocenters. The molecule has 0 radical (unpaired) electrons. The molecule has 6 heteroatoms. The highest BCUT2D eigenvalue weighted by atomic mass is 79.9. The van der Waals surface area contributed by atoms with Crippen molar-refractivity contribution in [2.45, 2.75) is 6.42 Å². The molecule has 0 saturated carbocycles. The van der Waals surface area contributed by atoms with Gasteiger partial charge in [0.25, 0.3) is 0 Å². The lowest BCUT2D eigenvalue weighted by Gasteiger charge is -1.98. The van der Waals surface area contributed by atoms with Crippen LogP contribution in [0.15, 0.2) is 16.6 Å². The second-order valence-corrected chi connectivity index (χ2v) is 4.66. The number of aromatic nitrogens is 2. The van der Waals surface area contributed by atoms with E-state index in [2.05, 4.69) is 31.2 Å². The normalized spacial score (nSPS) is 10.9. The largest absolute Gasteiger partial charge is 0.396 e. The molecule has 1 heterocycles. The van der Waals surface area contributed by atoms with Gasteiger partial charge in [0.05, 0.1) is 5.52 Å². The van der Waals surface area contributed by atoms with Crippen molar-refractivity contribution in [3.8, 4) is 0 Å². The highest BCUT2D eigenvalue weighted by Gasteiger charge is 2.06. The minimum atomic E-state index is 0.169. The Morgan fingerprint density at radius 2 is 2.31 bits per heavy atom. The van der Waals surface area contributed by atoms with Crippen LogP contribution in [0.1, 0.15) is 6.42 Å². The first-order chi connectivity index (χ1) is 7.70. The number of aromatic amines is 1. The maximum atomic E-state index is 8.67. The third kappa shape index (κ3) is 2.48. The molecule has 0 aliphatic heterocycles. The average molecular weight is 305 g/mol. The first-order valence-corrected chi connectivity index (χ1v) is 6.07. The number of aliphatic hydroxyl groups excluding tert-OH is 1. The average Bonchev–Trinajstić information content (AvgIpc) is 2.61. The Labute approximate surface area is 106 Å². The van der Waals surface area contributed by atoms with Gasteiger partial charge in [-0.05, 0) is 34.5 Å². The van der Waals surface area contributed by atoms with Gasteiger partial charge in [-0.25, -0.2) is 4.98 Å². The molecule has 86 valence electrons. The number of aliphatic hydroxyl groups is 1. The van der Waals surface area contributed by atoms with Crippen LogP contribution >= 0.6 is 27.5 Å². The number of benzene rings is 1. The van der Waals surface area contributed by atoms with Crippen molar-refractivity contribution in [1.82, 2.24) is 9.97 Å². The number of halogens is 2. The van der Waals surface area contributed by atoms with Gasteiger partial charge >= 0.3 is 0 Å². The summed E-state index contributed by atoms with van der Waals surface area (Å²) in [5.74, 6) is 0.686. The Bertz CT molecular complexity index is 500. The smallest absolute Gasteiger partial charge is 0.201 e. The van der Waals surface area contributed by atoms with Gasteiger partial charge in [-0.15, -0.1) is 0 Å². The molecule has 16 heavy (non-hydrogen) atoms. The molecule has 4 nitrogen and oxygen atoms in total. The Hall–Kier alpha value is -0.780. The number of anilines is 1. The third-order valence-electron chi connectivity index (χ3n) is 2.13. The van der Waals surface area contributed by atoms with Crippen LogP contribution in [-0.4, -0.2) is 28.2 Å². The molecule has 3 N–H and O–H groups in total. The first kappa shape index (κ1) is 11.7. The van der Waals surface area contributed by atoms with Crippen molar-refractivity contribution in [2.24, 2.45) is 0 Å². The van der Waals surface area contributed by atoms with Gasteiger partial charge in [0.15, 0.2) is 0 Å². The van der Waals surface area contributed by atoms with E-state index in [1.807, 2.05) is 12.1 Å². The van der Waals surface area contributed by atoms with E-state index in [0.29, 0.717) is 23.9 Å². The Morgan fingerprint density at radius 1 is 1.50 bits per heavy atom. The molecule has 0 spiro atoms. The van der Waals surface area contributed by atoms with E-state index in [1.54, 1.807) is 0 Å². The van der Waals surface area contributed by atoms with Gasteiger partial charge in [0.2, 0.25) is 5.95 Å². The molecule has 0 unspecified atom stereocenters. The van der Waals surface area contributed by atoms with Crippen molar-refractivity contribution < 1.29 is 5.11 Å². The number of hydrogen-bond donors (Lipinski definition) is 3. The standard InChI is InChI=1S/C10H11BrClN3O/c11-7-4-6(12)5-8-9(7)15-10(14-8)13-2-1-3-16/h4-5,16H,1-3H2,(H2,13,14,15). The van der Waals surface area contributed by atoms with E-state index in [0.717, 1.165) is 15.5 Å². The fourth-order valence-electron chi connectivity index (χ4n) is 1.41. The Balaban J connectivity index is 2.26. The number of rotatable bonds is 4. The fraction of sp³-hybridized carbons (Fsp3) is 0.300. The van der Waals surface area contributed by atoms with E-state index < -0.39 is 0 Å². The van der Waals surface area contributed by atoms with Crippen molar-refractivity contribution in [3.05, 3.63) is 21.6 Å². The van der Waals surface area contributed by atoms with Crippen LogP contribution in [0.4, 0.5) is 5.95 Å². The van der Waals surface area contributed by atoms with Crippen LogP contribution in [0, 0.1) is 0 Å². The first-order valence-electron chi connectivity index (χ1n) is 4.90. The van der Waals surface area contributed by atoms with Gasteiger partial charge in [-0.3, -0.25) is 0 Å². The fourth-order valence-corrected chi connectivity index (χ4v) is 2.31. The lowest BCUT2D eigenvalue weighted by molar-refractivity contribution is 0.292. The van der Waals surface area contributed by atoms with Crippen molar-refractivity contribution in [3.63, 3.8) is 0 Å². The topological polar surface area (TPSA) is 60.9 Å². The minimum absolute atomic E-state index is 0.169. The minimum Gasteiger partial charge on any atom is -0.396 e. The summed E-state index contributed by atoms with van der Waals surface area (Å²) in [6, 6.07) is 3.63. The Kier molecular flexibility index (Phi) is 3.68. The summed E-state index contributed by atoms with van der Waals surface area (Å²) in [6.07, 6.45) is 0.693. The maximum absolute atomic E-state index is 8.67. The Morgan fingerprint density at radius 3 is 3.06 bits per heavy atom. The van der Waals surface area contributed by atoms with Crippen LogP contribution < -0.4 is 5.32 Å². The maximum Gasteiger partial charge on any atom is 0.201 e. The summed E-state index contributed by atoms with van der Waals surface area (Å²) in [5.41, 5.74) is 1.72. The summed E-state index contributed by atoms with van der Waals surface area (Å²) in [7, 11) is 0. The SMILES string of the molecule is OCCCNc1nc2c(Br)cc(Cl)cc2[nH]1. The molecule has 0 aliphatic rings. The van der Waals surface area contributed by atoms with E-state index in [-0.39, 0.29) is 6.61 Å². The number of fused-ring (bicyclic) bond motifs is 1. The zero-order valence-corrected chi connectivity index (χ0v) is 10.8. The molecular formula is C10H11BrClN3O. The predicted octanol–water partition coefficient (Wildman–Crippen LogP) is 2.77. The number of H-pyrrole nitrogens is 1. The van der Waals surface area contributed by atoms with E-state index in [1.165, 1.54) is 0 Å². The van der Waals surface area contributed by atoms with E-state index in [4.69, 9.17) is 16.7 Å². The number of nitrogens with zero attached hydrogens (tertiary/aromatic N) is 1. The number of imidazole rings is 1. The molecule has 0 fully saturated rings. The molecule has 0 aliphatic carbocycles. The summed E-state index contributed by atoms with van der Waals surface area (Å²) < 4.78 is 0.862. The van der Waals surface area contributed by atoms with Crippen LogP contribution in [0.5, 0.6) is 0 Å². The van der Waals surface area contributed by atoms with Crippen LogP contribution in [0.25, 0.3) is 11.0 Å². The third-order valence-corrected chi connectivity index (χ3v) is 2.95. The molecule has 1 aromatic carbocycles. The highest BCUT2D eigenvalue weighted by molar-refractivity contribution is 9.10. The molecule has 0 amide bonds. The summed E-state index contributed by atoms with van der Waals surface area (Å²) >= 11 is 9.34. The van der Waals surface area contributed by atoms with E-state index >= 15 is 0 Å². The van der Waals surface area contributed by atoms with Gasteiger partial charge in [0.1, 0.15) is 5.52 Å². The van der Waals surface area contributed by atoms with Crippen molar-refractivity contribution in [1.29, 1.82) is 0 Å². The monoisotopic (exact) mass is 303 g/mol. The summed E-state index contributed by atoms with van der Waals surface area (Å²) in [5, 5.41) is 12.4. The van der Waals surface area contributed by atoms with Crippen molar-refractivity contribution in [2.75, 3.05) is 18.5 Å². The van der Waals surface area contributed by atoms with Crippen LogP contribution in [0.2, 0.25) is 5.02 Å². The van der Waals surface area contributed by atoms with E-state index in [9.17, 15) is 0 Å². The zero-order chi connectivity index (χ0) is 11.5. The predicted molar refractivity (Wildman–Crippen MR) is 69.0 cm³/mol. The van der Waals surface area contributed by atoms with Crippen LogP contribution in [0.3, 0.4) is 0 Å². The van der Waals surface area contributed by atoms with Crippen molar-refractivity contribution >= 4 is 44.5 Å². The van der Waals surface area contributed by atoms with Gasteiger partial charge in [-0.1, -0.05) is 11.6 Å². The van der Waals surface area contributed by atoms with Gasteiger partial charge in [-0.2, -0.15) is 0 Å². The molecule has 2 aromatic rings. The van der Waals surface area contributed by atoms with Gasteiger partial charge < -0.3 is 15.4 Å².